The van der Waals surface area contributed by atoms with Gasteiger partial charge >= 0.3 is 0 Å². The van der Waals surface area contributed by atoms with Gasteiger partial charge in [0.05, 0.1) is 12.5 Å². The van der Waals surface area contributed by atoms with E-state index in [0.717, 1.165) is 54.9 Å². The second-order valence-electron chi connectivity index (χ2n) is 7.94. The zero-order valence-electron chi connectivity index (χ0n) is 17.1. The smallest absolute Gasteiger partial charge is 0.253 e. The van der Waals surface area contributed by atoms with Crippen LogP contribution in [-0.4, -0.2) is 48.9 Å². The van der Waals surface area contributed by atoms with Gasteiger partial charge in [0.2, 0.25) is 0 Å². The molecular formula is C24H29N3O. The molecule has 0 unspecified atom stereocenters. The van der Waals surface area contributed by atoms with Gasteiger partial charge < -0.3 is 9.80 Å². The number of likely N-dealkylation sites (N-methyl/N-ethyl adjacent to an activating group) is 1. The molecule has 4 nitrogen and oxygen atoms in total. The van der Waals surface area contributed by atoms with Crippen LogP contribution in [0.25, 0.3) is 11.1 Å². The highest BCUT2D eigenvalue weighted by Crippen LogP contribution is 2.31. The van der Waals surface area contributed by atoms with Gasteiger partial charge in [-0.3, -0.25) is 4.79 Å². The molecule has 1 fully saturated rings. The summed E-state index contributed by atoms with van der Waals surface area (Å²) in [5, 5.41) is 8.89. The summed E-state index contributed by atoms with van der Waals surface area (Å²) in [4.78, 5) is 17.4. The highest BCUT2D eigenvalue weighted by molar-refractivity contribution is 5.96. The van der Waals surface area contributed by atoms with Gasteiger partial charge in [0.15, 0.2) is 0 Å². The van der Waals surface area contributed by atoms with E-state index in [-0.39, 0.29) is 5.91 Å². The van der Waals surface area contributed by atoms with Gasteiger partial charge in [-0.15, -0.1) is 0 Å². The van der Waals surface area contributed by atoms with Gasteiger partial charge in [-0.25, -0.2) is 0 Å². The molecule has 0 N–H and O–H groups in total. The number of hydrogen-bond donors (Lipinski definition) is 0. The number of rotatable bonds is 4. The molecule has 0 saturated carbocycles. The SMILES string of the molecule is CC(C)c1ccc(C(=O)N2CCCN(C)CC2)cc1-c1ccc(CC#N)cc1. The summed E-state index contributed by atoms with van der Waals surface area (Å²) in [6.45, 7) is 7.90. The number of amides is 1. The number of carbonyl (C=O) groups excluding carboxylic acids is 1. The Balaban J connectivity index is 1.93. The van der Waals surface area contributed by atoms with Crippen molar-refractivity contribution in [1.29, 1.82) is 5.26 Å². The molecule has 1 heterocycles. The van der Waals surface area contributed by atoms with Crippen LogP contribution in [0.5, 0.6) is 0 Å². The zero-order chi connectivity index (χ0) is 20.1. The van der Waals surface area contributed by atoms with Gasteiger partial charge in [-0.1, -0.05) is 44.2 Å². The van der Waals surface area contributed by atoms with Crippen LogP contribution < -0.4 is 0 Å². The molecule has 146 valence electrons. The molecule has 0 spiro atoms. The highest BCUT2D eigenvalue weighted by Gasteiger charge is 2.20. The molecule has 1 aliphatic rings. The Hall–Kier alpha value is -2.64. The second-order valence-corrected chi connectivity index (χ2v) is 7.94. The first-order valence-corrected chi connectivity index (χ1v) is 10.1. The minimum absolute atomic E-state index is 0.118. The Kier molecular flexibility index (Phi) is 6.49. The number of nitrogens with zero attached hydrogens (tertiary/aromatic N) is 3. The third-order valence-corrected chi connectivity index (χ3v) is 5.48. The number of hydrogen-bond acceptors (Lipinski definition) is 3. The topological polar surface area (TPSA) is 47.3 Å². The average Bonchev–Trinajstić information content (AvgIpc) is 2.92. The Morgan fingerprint density at radius 1 is 1.07 bits per heavy atom. The van der Waals surface area contributed by atoms with Crippen molar-refractivity contribution < 1.29 is 4.79 Å². The average molecular weight is 376 g/mol. The van der Waals surface area contributed by atoms with Gasteiger partial charge in [0.25, 0.3) is 5.91 Å². The van der Waals surface area contributed by atoms with Crippen LogP contribution in [0.1, 0.15) is 47.7 Å². The first-order chi connectivity index (χ1) is 13.5. The summed E-state index contributed by atoms with van der Waals surface area (Å²) in [7, 11) is 2.11. The van der Waals surface area contributed by atoms with Crippen LogP contribution in [0.15, 0.2) is 42.5 Å². The van der Waals surface area contributed by atoms with E-state index in [1.54, 1.807) is 0 Å². The van der Waals surface area contributed by atoms with Gasteiger partial charge in [0.1, 0.15) is 0 Å². The lowest BCUT2D eigenvalue weighted by Gasteiger charge is -2.22. The quantitative estimate of drug-likeness (QED) is 0.799. The van der Waals surface area contributed by atoms with Crippen molar-refractivity contribution in [2.45, 2.75) is 32.6 Å². The fourth-order valence-electron chi connectivity index (χ4n) is 3.77. The summed E-state index contributed by atoms with van der Waals surface area (Å²) in [6, 6.07) is 16.4. The molecule has 2 aromatic rings. The summed E-state index contributed by atoms with van der Waals surface area (Å²) in [5.41, 5.74) is 5.20. The molecule has 4 heteroatoms. The van der Waals surface area contributed by atoms with Crippen molar-refractivity contribution >= 4 is 5.91 Å². The monoisotopic (exact) mass is 375 g/mol. The highest BCUT2D eigenvalue weighted by atomic mass is 16.2. The predicted molar refractivity (Wildman–Crippen MR) is 113 cm³/mol. The van der Waals surface area contributed by atoms with Crippen molar-refractivity contribution in [3.05, 3.63) is 59.2 Å². The van der Waals surface area contributed by atoms with Crippen LogP contribution in [0.2, 0.25) is 0 Å². The standard InChI is InChI=1S/C24H29N3O/c1-18(2)22-10-9-21(24(28)27-14-4-13-26(3)15-16-27)17-23(22)20-7-5-19(6-8-20)11-12-25/h5-10,17-18H,4,11,13-16H2,1-3H3. The maximum absolute atomic E-state index is 13.1. The molecule has 2 aromatic carbocycles. The Morgan fingerprint density at radius 2 is 1.82 bits per heavy atom. The molecule has 0 atom stereocenters. The minimum atomic E-state index is 0.118. The predicted octanol–water partition coefficient (Wildman–Crippen LogP) is 4.32. The van der Waals surface area contributed by atoms with Crippen LogP contribution in [0.4, 0.5) is 0 Å². The molecule has 28 heavy (non-hydrogen) atoms. The summed E-state index contributed by atoms with van der Waals surface area (Å²) in [5.74, 6) is 0.484. The zero-order valence-corrected chi connectivity index (χ0v) is 17.1. The van der Waals surface area contributed by atoms with Crippen molar-refractivity contribution in [3.63, 3.8) is 0 Å². The van der Waals surface area contributed by atoms with Crippen molar-refractivity contribution in [3.8, 4) is 17.2 Å². The molecule has 3 rings (SSSR count). The van der Waals surface area contributed by atoms with E-state index in [0.29, 0.717) is 12.3 Å². The van der Waals surface area contributed by atoms with E-state index in [1.807, 2.05) is 29.2 Å². The molecule has 1 amide bonds. The third-order valence-electron chi connectivity index (χ3n) is 5.48. The maximum Gasteiger partial charge on any atom is 0.253 e. The van der Waals surface area contributed by atoms with E-state index in [9.17, 15) is 4.79 Å². The Labute approximate surface area is 168 Å². The largest absolute Gasteiger partial charge is 0.337 e. The van der Waals surface area contributed by atoms with E-state index < -0.39 is 0 Å². The summed E-state index contributed by atoms with van der Waals surface area (Å²) in [6.07, 6.45) is 1.43. The fraction of sp³-hybridized carbons (Fsp3) is 0.417. The van der Waals surface area contributed by atoms with E-state index in [2.05, 4.69) is 50.1 Å². The van der Waals surface area contributed by atoms with Crippen LogP contribution in [-0.2, 0) is 6.42 Å². The van der Waals surface area contributed by atoms with Gasteiger partial charge in [-0.05, 0) is 60.3 Å². The van der Waals surface area contributed by atoms with Crippen LogP contribution >= 0.6 is 0 Å². The van der Waals surface area contributed by atoms with E-state index >= 15 is 0 Å². The first-order valence-electron chi connectivity index (χ1n) is 10.1. The molecule has 0 bridgehead atoms. The molecule has 0 radical (unpaired) electrons. The normalized spacial score (nSPS) is 15.3. The molecule has 1 aliphatic heterocycles. The second kappa shape index (κ2) is 9.03. The lowest BCUT2D eigenvalue weighted by Crippen LogP contribution is -2.34. The summed E-state index contributed by atoms with van der Waals surface area (Å²) >= 11 is 0. The van der Waals surface area contributed by atoms with Crippen LogP contribution in [0, 0.1) is 11.3 Å². The first kappa shape index (κ1) is 20.1. The van der Waals surface area contributed by atoms with E-state index in [4.69, 9.17) is 5.26 Å². The lowest BCUT2D eigenvalue weighted by atomic mass is 9.90. The fourth-order valence-corrected chi connectivity index (χ4v) is 3.77. The minimum Gasteiger partial charge on any atom is -0.337 e. The molecule has 0 aromatic heterocycles. The third kappa shape index (κ3) is 4.61. The maximum atomic E-state index is 13.1. The molecule has 1 saturated heterocycles. The van der Waals surface area contributed by atoms with E-state index in [1.165, 1.54) is 5.56 Å². The van der Waals surface area contributed by atoms with Gasteiger partial charge in [-0.2, -0.15) is 5.26 Å². The Morgan fingerprint density at radius 3 is 2.50 bits per heavy atom. The summed E-state index contributed by atoms with van der Waals surface area (Å²) < 4.78 is 0. The van der Waals surface area contributed by atoms with Crippen LogP contribution in [0.3, 0.4) is 0 Å². The molecular weight excluding hydrogens is 346 g/mol. The van der Waals surface area contributed by atoms with Gasteiger partial charge in [0, 0.05) is 25.2 Å². The van der Waals surface area contributed by atoms with Crippen molar-refractivity contribution in [2.75, 3.05) is 33.2 Å². The van der Waals surface area contributed by atoms with Crippen molar-refractivity contribution in [2.24, 2.45) is 0 Å². The number of nitriles is 1. The van der Waals surface area contributed by atoms with Crippen molar-refractivity contribution in [1.82, 2.24) is 9.80 Å². The Bertz CT molecular complexity index is 864. The lowest BCUT2D eigenvalue weighted by molar-refractivity contribution is 0.0763. The number of benzene rings is 2. The number of carbonyl (C=O) groups is 1. The molecule has 0 aliphatic carbocycles.